The van der Waals surface area contributed by atoms with Crippen molar-refractivity contribution in [3.63, 3.8) is 0 Å². The molecule has 1 aliphatic carbocycles. The van der Waals surface area contributed by atoms with Gasteiger partial charge in [0.15, 0.2) is 0 Å². The first kappa shape index (κ1) is 10.1. The molecule has 14 heavy (non-hydrogen) atoms. The summed E-state index contributed by atoms with van der Waals surface area (Å²) in [6.45, 7) is 4.77. The van der Waals surface area contributed by atoms with Crippen LogP contribution in [0.4, 0.5) is 0 Å². The lowest BCUT2D eigenvalue weighted by Gasteiger charge is -2.15. The van der Waals surface area contributed by atoms with Crippen molar-refractivity contribution in [2.24, 2.45) is 11.8 Å². The van der Waals surface area contributed by atoms with Gasteiger partial charge in [-0.05, 0) is 25.3 Å². The van der Waals surface area contributed by atoms with Gasteiger partial charge in [-0.2, -0.15) is 0 Å². The van der Waals surface area contributed by atoms with Crippen LogP contribution in [0, 0.1) is 11.8 Å². The summed E-state index contributed by atoms with van der Waals surface area (Å²) in [5.74, 6) is 1.94. The zero-order valence-electron chi connectivity index (χ0n) is 8.94. The molecule has 78 valence electrons. The van der Waals surface area contributed by atoms with Crippen LogP contribution in [0.5, 0.6) is 0 Å². The Morgan fingerprint density at radius 1 is 1.64 bits per heavy atom. The van der Waals surface area contributed by atoms with Gasteiger partial charge in [0.2, 0.25) is 0 Å². The second-order valence-electron chi connectivity index (χ2n) is 4.41. The molecule has 0 saturated heterocycles. The first-order valence-corrected chi connectivity index (χ1v) is 6.20. The van der Waals surface area contributed by atoms with Crippen molar-refractivity contribution >= 4 is 11.3 Å². The van der Waals surface area contributed by atoms with Gasteiger partial charge in [-0.15, -0.1) is 11.3 Å². The van der Waals surface area contributed by atoms with Gasteiger partial charge in [0, 0.05) is 31.1 Å². The topological polar surface area (TPSA) is 16.1 Å². The number of hydrogen-bond donors (Lipinski definition) is 0. The molecule has 1 aromatic heterocycles. The fourth-order valence-corrected chi connectivity index (χ4v) is 2.42. The molecule has 0 unspecified atom stereocenters. The smallest absolute Gasteiger partial charge is 0.0937 e. The van der Waals surface area contributed by atoms with Crippen LogP contribution >= 0.6 is 11.3 Å². The SMILES string of the molecule is C[C@@H]1C[C@@H]1CN(C)CCc1nccs1. The van der Waals surface area contributed by atoms with Crippen LogP contribution in [-0.4, -0.2) is 30.0 Å². The molecule has 2 nitrogen and oxygen atoms in total. The van der Waals surface area contributed by atoms with Crippen LogP contribution in [0.3, 0.4) is 0 Å². The lowest BCUT2D eigenvalue weighted by atomic mass is 10.3. The molecule has 0 aromatic carbocycles. The zero-order valence-corrected chi connectivity index (χ0v) is 9.76. The summed E-state index contributed by atoms with van der Waals surface area (Å²) in [5, 5.41) is 3.32. The van der Waals surface area contributed by atoms with Crippen LogP contribution in [-0.2, 0) is 6.42 Å². The Bertz CT molecular complexity index is 271. The molecule has 0 amide bonds. The lowest BCUT2D eigenvalue weighted by Crippen LogP contribution is -2.23. The van der Waals surface area contributed by atoms with Gasteiger partial charge in [0.05, 0.1) is 5.01 Å². The summed E-state index contributed by atoms with van der Waals surface area (Å²) in [6, 6.07) is 0. The van der Waals surface area contributed by atoms with Crippen molar-refractivity contribution in [1.82, 2.24) is 9.88 Å². The highest BCUT2D eigenvalue weighted by molar-refractivity contribution is 7.09. The van der Waals surface area contributed by atoms with Gasteiger partial charge in [0.25, 0.3) is 0 Å². The predicted molar refractivity (Wildman–Crippen MR) is 60.6 cm³/mol. The number of rotatable bonds is 5. The van der Waals surface area contributed by atoms with E-state index < -0.39 is 0 Å². The third-order valence-electron chi connectivity index (χ3n) is 3.01. The number of hydrogen-bond acceptors (Lipinski definition) is 3. The molecule has 1 aromatic rings. The van der Waals surface area contributed by atoms with Crippen molar-refractivity contribution in [2.45, 2.75) is 19.8 Å². The minimum atomic E-state index is 0.969. The monoisotopic (exact) mass is 210 g/mol. The number of thiazole rings is 1. The Morgan fingerprint density at radius 2 is 2.43 bits per heavy atom. The fourth-order valence-electron chi connectivity index (χ4n) is 1.81. The summed E-state index contributed by atoms with van der Waals surface area (Å²) in [4.78, 5) is 6.73. The molecule has 1 fully saturated rings. The molecule has 0 N–H and O–H groups in total. The highest BCUT2D eigenvalue weighted by Gasteiger charge is 2.32. The van der Waals surface area contributed by atoms with E-state index in [-0.39, 0.29) is 0 Å². The summed E-state index contributed by atoms with van der Waals surface area (Å²) in [5.41, 5.74) is 0. The first-order valence-electron chi connectivity index (χ1n) is 5.32. The van der Waals surface area contributed by atoms with Crippen LogP contribution in [0.2, 0.25) is 0 Å². The molecule has 0 bridgehead atoms. The Morgan fingerprint density at radius 3 is 3.00 bits per heavy atom. The quantitative estimate of drug-likeness (QED) is 0.741. The molecule has 1 saturated carbocycles. The molecule has 0 aliphatic heterocycles. The van der Waals surface area contributed by atoms with Gasteiger partial charge < -0.3 is 4.90 Å². The van der Waals surface area contributed by atoms with Crippen molar-refractivity contribution in [3.05, 3.63) is 16.6 Å². The van der Waals surface area contributed by atoms with E-state index in [1.807, 2.05) is 6.20 Å². The molecular weight excluding hydrogens is 192 g/mol. The van der Waals surface area contributed by atoms with Crippen LogP contribution < -0.4 is 0 Å². The third-order valence-corrected chi connectivity index (χ3v) is 3.85. The molecule has 1 aliphatic rings. The normalized spacial score (nSPS) is 25.6. The number of aromatic nitrogens is 1. The maximum atomic E-state index is 4.29. The standard InChI is InChI=1S/C11H18N2S/c1-9-7-10(9)8-13(2)5-3-11-12-4-6-14-11/h4,6,9-10H,3,5,7-8H2,1-2H3/t9-,10-/m1/s1. The number of likely N-dealkylation sites (N-methyl/N-ethyl adjacent to an activating group) is 1. The highest BCUT2D eigenvalue weighted by atomic mass is 32.1. The molecule has 2 atom stereocenters. The summed E-state index contributed by atoms with van der Waals surface area (Å²) < 4.78 is 0. The molecule has 0 radical (unpaired) electrons. The van der Waals surface area contributed by atoms with E-state index in [0.29, 0.717) is 0 Å². The van der Waals surface area contributed by atoms with Gasteiger partial charge >= 0.3 is 0 Å². The third kappa shape index (κ3) is 2.79. The Labute approximate surface area is 90.0 Å². The minimum absolute atomic E-state index is 0.969. The van der Waals surface area contributed by atoms with Crippen LogP contribution in [0.15, 0.2) is 11.6 Å². The van der Waals surface area contributed by atoms with Crippen molar-refractivity contribution in [2.75, 3.05) is 20.1 Å². The molecule has 3 heteroatoms. The second kappa shape index (κ2) is 4.41. The maximum absolute atomic E-state index is 4.29. The van der Waals surface area contributed by atoms with E-state index in [1.165, 1.54) is 18.0 Å². The van der Waals surface area contributed by atoms with E-state index in [2.05, 4.69) is 29.2 Å². The minimum Gasteiger partial charge on any atom is -0.306 e. The fraction of sp³-hybridized carbons (Fsp3) is 0.727. The van der Waals surface area contributed by atoms with Crippen LogP contribution in [0.1, 0.15) is 18.4 Å². The first-order chi connectivity index (χ1) is 6.75. The van der Waals surface area contributed by atoms with E-state index in [0.717, 1.165) is 24.8 Å². The summed E-state index contributed by atoms with van der Waals surface area (Å²) in [6.07, 6.45) is 4.43. The van der Waals surface area contributed by atoms with E-state index in [1.54, 1.807) is 11.3 Å². The zero-order chi connectivity index (χ0) is 9.97. The van der Waals surface area contributed by atoms with E-state index in [9.17, 15) is 0 Å². The molecule has 0 spiro atoms. The van der Waals surface area contributed by atoms with Crippen LogP contribution in [0.25, 0.3) is 0 Å². The summed E-state index contributed by atoms with van der Waals surface area (Å²) in [7, 11) is 2.22. The van der Waals surface area contributed by atoms with Crippen molar-refractivity contribution in [1.29, 1.82) is 0 Å². The van der Waals surface area contributed by atoms with Gasteiger partial charge in [0.1, 0.15) is 0 Å². The summed E-state index contributed by atoms with van der Waals surface area (Å²) >= 11 is 1.76. The van der Waals surface area contributed by atoms with Gasteiger partial charge in [-0.25, -0.2) is 4.98 Å². The largest absolute Gasteiger partial charge is 0.306 e. The maximum Gasteiger partial charge on any atom is 0.0937 e. The lowest BCUT2D eigenvalue weighted by molar-refractivity contribution is 0.318. The highest BCUT2D eigenvalue weighted by Crippen LogP contribution is 2.37. The van der Waals surface area contributed by atoms with Gasteiger partial charge in [-0.3, -0.25) is 0 Å². The molecule has 2 rings (SSSR count). The van der Waals surface area contributed by atoms with Gasteiger partial charge in [-0.1, -0.05) is 6.92 Å². The predicted octanol–water partition coefficient (Wildman–Crippen LogP) is 2.27. The Balaban J connectivity index is 1.65. The average Bonchev–Trinajstić information content (AvgIpc) is 2.71. The van der Waals surface area contributed by atoms with E-state index >= 15 is 0 Å². The number of nitrogens with zero attached hydrogens (tertiary/aromatic N) is 2. The van der Waals surface area contributed by atoms with Crippen molar-refractivity contribution < 1.29 is 0 Å². The Hall–Kier alpha value is -0.410. The Kier molecular flexibility index (Phi) is 3.19. The molecule has 1 heterocycles. The average molecular weight is 210 g/mol. The molecular formula is C11H18N2S. The van der Waals surface area contributed by atoms with E-state index in [4.69, 9.17) is 0 Å². The van der Waals surface area contributed by atoms with Crippen molar-refractivity contribution in [3.8, 4) is 0 Å². The second-order valence-corrected chi connectivity index (χ2v) is 5.39.